The molecule has 1 aromatic heterocycles. The molecule has 0 saturated carbocycles. The van der Waals surface area contributed by atoms with Crippen LogP contribution in [0.1, 0.15) is 20.3 Å². The Morgan fingerprint density at radius 2 is 2.21 bits per heavy atom. The van der Waals surface area contributed by atoms with Gasteiger partial charge in [0.05, 0.1) is 18.2 Å². The van der Waals surface area contributed by atoms with Crippen LogP contribution in [0, 0.1) is 0 Å². The highest BCUT2D eigenvalue weighted by atomic mass is 35.5. The lowest BCUT2D eigenvalue weighted by Crippen LogP contribution is -2.11. The summed E-state index contributed by atoms with van der Waals surface area (Å²) in [6, 6.07) is 3.68. The number of halogens is 1. The van der Waals surface area contributed by atoms with Crippen LogP contribution >= 0.6 is 11.6 Å². The summed E-state index contributed by atoms with van der Waals surface area (Å²) in [6.45, 7) is 4.05. The van der Waals surface area contributed by atoms with Crippen molar-refractivity contribution in [3.8, 4) is 22.9 Å². The number of benzene rings is 1. The summed E-state index contributed by atoms with van der Waals surface area (Å²) in [4.78, 5) is 7.24. The number of hydrogen-bond donors (Lipinski definition) is 1. The molecule has 0 spiro atoms. The zero-order chi connectivity index (χ0) is 13.8. The van der Waals surface area contributed by atoms with Gasteiger partial charge in [-0.15, -0.1) is 0 Å². The topological polar surface area (TPSA) is 47.1 Å². The molecule has 0 bridgehead atoms. The predicted molar refractivity (Wildman–Crippen MR) is 76.0 cm³/mol. The standard InChI is InChI=1S/C14H17ClN2O2/c1-4-9(2)19-13-11(15)7-10(8-12(13)18-3)14-16-5-6-17-14/h5-9H,4H2,1-3H3,(H,16,17)/t9-/m0/s1. The first-order valence-electron chi connectivity index (χ1n) is 6.19. The second-order valence-electron chi connectivity index (χ2n) is 4.26. The summed E-state index contributed by atoms with van der Waals surface area (Å²) in [5, 5.41) is 0.519. The number of nitrogens with zero attached hydrogens (tertiary/aromatic N) is 1. The number of aromatic nitrogens is 2. The minimum atomic E-state index is 0.0841. The summed E-state index contributed by atoms with van der Waals surface area (Å²) in [6.07, 6.45) is 4.44. The molecule has 0 saturated heterocycles. The van der Waals surface area contributed by atoms with Crippen LogP contribution in [0.15, 0.2) is 24.5 Å². The average molecular weight is 281 g/mol. The Bertz CT molecular complexity index is 541. The molecule has 0 amide bonds. The van der Waals surface area contributed by atoms with Crippen LogP contribution in [-0.4, -0.2) is 23.2 Å². The van der Waals surface area contributed by atoms with Crippen LogP contribution in [0.4, 0.5) is 0 Å². The van der Waals surface area contributed by atoms with Gasteiger partial charge in [-0.1, -0.05) is 18.5 Å². The van der Waals surface area contributed by atoms with E-state index in [4.69, 9.17) is 21.1 Å². The largest absolute Gasteiger partial charge is 0.493 e. The summed E-state index contributed by atoms with van der Waals surface area (Å²) in [7, 11) is 1.60. The first-order chi connectivity index (χ1) is 9.15. The van der Waals surface area contributed by atoms with Crippen molar-refractivity contribution >= 4 is 11.6 Å². The molecule has 4 nitrogen and oxygen atoms in total. The van der Waals surface area contributed by atoms with E-state index < -0.39 is 0 Å². The molecule has 1 N–H and O–H groups in total. The molecule has 0 aliphatic heterocycles. The number of H-pyrrole nitrogens is 1. The number of rotatable bonds is 5. The lowest BCUT2D eigenvalue weighted by molar-refractivity contribution is 0.208. The fourth-order valence-corrected chi connectivity index (χ4v) is 1.93. The van der Waals surface area contributed by atoms with Gasteiger partial charge in [-0.2, -0.15) is 0 Å². The Morgan fingerprint density at radius 1 is 1.42 bits per heavy atom. The summed E-state index contributed by atoms with van der Waals surface area (Å²) in [5.41, 5.74) is 0.864. The highest BCUT2D eigenvalue weighted by Gasteiger charge is 2.15. The van der Waals surface area contributed by atoms with Gasteiger partial charge in [-0.05, 0) is 25.5 Å². The van der Waals surface area contributed by atoms with E-state index in [9.17, 15) is 0 Å². The molecule has 0 fully saturated rings. The van der Waals surface area contributed by atoms with E-state index in [1.165, 1.54) is 0 Å². The minimum Gasteiger partial charge on any atom is -0.493 e. The molecule has 102 valence electrons. The molecule has 2 aromatic rings. The maximum atomic E-state index is 6.28. The smallest absolute Gasteiger partial charge is 0.180 e. The number of imidazole rings is 1. The quantitative estimate of drug-likeness (QED) is 0.903. The lowest BCUT2D eigenvalue weighted by atomic mass is 10.2. The Kier molecular flexibility index (Phi) is 4.32. The second-order valence-corrected chi connectivity index (χ2v) is 4.67. The SMILES string of the molecule is CC[C@H](C)Oc1c(Cl)cc(-c2ncc[nH]2)cc1OC. The van der Waals surface area contributed by atoms with Gasteiger partial charge in [0.25, 0.3) is 0 Å². The molecule has 0 unspecified atom stereocenters. The molecule has 19 heavy (non-hydrogen) atoms. The van der Waals surface area contributed by atoms with E-state index in [1.807, 2.05) is 19.1 Å². The number of nitrogens with one attached hydrogen (secondary N) is 1. The maximum Gasteiger partial charge on any atom is 0.180 e. The van der Waals surface area contributed by atoms with Crippen molar-refractivity contribution in [3.05, 3.63) is 29.5 Å². The first-order valence-corrected chi connectivity index (χ1v) is 6.57. The monoisotopic (exact) mass is 280 g/mol. The fourth-order valence-electron chi connectivity index (χ4n) is 1.68. The Hall–Kier alpha value is -1.68. The van der Waals surface area contributed by atoms with Crippen molar-refractivity contribution in [3.63, 3.8) is 0 Å². The van der Waals surface area contributed by atoms with Crippen LogP contribution in [0.2, 0.25) is 5.02 Å². The highest BCUT2D eigenvalue weighted by molar-refractivity contribution is 6.32. The lowest BCUT2D eigenvalue weighted by Gasteiger charge is -2.17. The van der Waals surface area contributed by atoms with E-state index in [2.05, 4.69) is 16.9 Å². The van der Waals surface area contributed by atoms with E-state index in [0.717, 1.165) is 17.8 Å². The second kappa shape index (κ2) is 5.97. The van der Waals surface area contributed by atoms with Crippen LogP contribution in [0.25, 0.3) is 11.4 Å². The van der Waals surface area contributed by atoms with Gasteiger partial charge in [0.2, 0.25) is 0 Å². The van der Waals surface area contributed by atoms with Crippen molar-refractivity contribution in [2.75, 3.05) is 7.11 Å². The van der Waals surface area contributed by atoms with Crippen LogP contribution in [0.3, 0.4) is 0 Å². The number of methoxy groups -OCH3 is 1. The van der Waals surface area contributed by atoms with Crippen molar-refractivity contribution in [2.45, 2.75) is 26.4 Å². The normalized spacial score (nSPS) is 12.2. The maximum absolute atomic E-state index is 6.28. The highest BCUT2D eigenvalue weighted by Crippen LogP contribution is 2.39. The molecular formula is C14H17ClN2O2. The third-order valence-electron chi connectivity index (χ3n) is 2.90. The Labute approximate surface area is 117 Å². The Balaban J connectivity index is 2.41. The molecule has 1 atom stereocenters. The van der Waals surface area contributed by atoms with E-state index in [-0.39, 0.29) is 6.10 Å². The van der Waals surface area contributed by atoms with Gasteiger partial charge in [-0.3, -0.25) is 0 Å². The van der Waals surface area contributed by atoms with Crippen molar-refractivity contribution in [1.82, 2.24) is 9.97 Å². The fraction of sp³-hybridized carbons (Fsp3) is 0.357. The van der Waals surface area contributed by atoms with Gasteiger partial charge in [0.15, 0.2) is 11.5 Å². The van der Waals surface area contributed by atoms with E-state index >= 15 is 0 Å². The third-order valence-corrected chi connectivity index (χ3v) is 3.18. The van der Waals surface area contributed by atoms with Crippen LogP contribution < -0.4 is 9.47 Å². The molecule has 2 rings (SSSR count). The third kappa shape index (κ3) is 3.01. The molecule has 0 aliphatic carbocycles. The van der Waals surface area contributed by atoms with Gasteiger partial charge < -0.3 is 14.5 Å². The Morgan fingerprint density at radius 3 is 2.79 bits per heavy atom. The van der Waals surface area contributed by atoms with Gasteiger partial charge >= 0.3 is 0 Å². The molecule has 0 aliphatic rings. The zero-order valence-electron chi connectivity index (χ0n) is 11.2. The summed E-state index contributed by atoms with van der Waals surface area (Å²) < 4.78 is 11.2. The van der Waals surface area contributed by atoms with Gasteiger partial charge in [-0.25, -0.2) is 4.98 Å². The zero-order valence-corrected chi connectivity index (χ0v) is 12.0. The minimum absolute atomic E-state index is 0.0841. The van der Waals surface area contributed by atoms with Crippen LogP contribution in [-0.2, 0) is 0 Å². The van der Waals surface area contributed by atoms with Crippen molar-refractivity contribution < 1.29 is 9.47 Å². The first kappa shape index (κ1) is 13.7. The molecule has 1 heterocycles. The molecule has 1 aromatic carbocycles. The van der Waals surface area contributed by atoms with Crippen molar-refractivity contribution in [2.24, 2.45) is 0 Å². The number of ether oxygens (including phenoxy) is 2. The number of aromatic amines is 1. The molecule has 0 radical (unpaired) electrons. The van der Waals surface area contributed by atoms with E-state index in [0.29, 0.717) is 16.5 Å². The van der Waals surface area contributed by atoms with E-state index in [1.54, 1.807) is 19.5 Å². The summed E-state index contributed by atoms with van der Waals surface area (Å²) in [5.74, 6) is 1.93. The summed E-state index contributed by atoms with van der Waals surface area (Å²) >= 11 is 6.28. The number of hydrogen-bond acceptors (Lipinski definition) is 3. The predicted octanol–water partition coefficient (Wildman–Crippen LogP) is 3.92. The average Bonchev–Trinajstić information content (AvgIpc) is 2.94. The van der Waals surface area contributed by atoms with Gasteiger partial charge in [0.1, 0.15) is 5.82 Å². The van der Waals surface area contributed by atoms with Gasteiger partial charge in [0, 0.05) is 18.0 Å². The molecule has 5 heteroatoms. The van der Waals surface area contributed by atoms with Crippen LogP contribution in [0.5, 0.6) is 11.5 Å². The van der Waals surface area contributed by atoms with Crippen molar-refractivity contribution in [1.29, 1.82) is 0 Å². The molecular weight excluding hydrogens is 264 g/mol.